The summed E-state index contributed by atoms with van der Waals surface area (Å²) in [5.74, 6) is 1.21. The number of nitrogens with zero attached hydrogens (tertiary/aromatic N) is 3. The standard InChI is InChI=1S/C30H32N4O2/c1-4-5-24-18-21(6-11-26(24)20(2)3)19-36-25-9-7-22(8-10-25)27-28(23-12-14-31-15-13-23)33-34-17-16-32-30(35)29(27)34/h6-15,18,20H,4-5,16-17,19H2,1-3H3,(H,32,35). The SMILES string of the molecule is CCCc1cc(COc2ccc(-c3c(-c4ccncc4)nn4c3C(=O)NCC4)cc2)ccc1C(C)C. The Hall–Kier alpha value is -3.93. The fourth-order valence-corrected chi connectivity index (χ4v) is 4.88. The summed E-state index contributed by atoms with van der Waals surface area (Å²) in [6.45, 7) is 8.45. The van der Waals surface area contributed by atoms with Gasteiger partial charge < -0.3 is 10.1 Å². The van der Waals surface area contributed by atoms with Gasteiger partial charge in [0.15, 0.2) is 0 Å². The van der Waals surface area contributed by atoms with Crippen LogP contribution in [0.4, 0.5) is 0 Å². The van der Waals surface area contributed by atoms with Gasteiger partial charge in [0.1, 0.15) is 23.7 Å². The minimum absolute atomic E-state index is 0.0999. The van der Waals surface area contributed by atoms with Crippen molar-refractivity contribution in [1.29, 1.82) is 0 Å². The van der Waals surface area contributed by atoms with E-state index in [0.29, 0.717) is 31.3 Å². The Morgan fingerprint density at radius 2 is 1.81 bits per heavy atom. The first-order valence-electron chi connectivity index (χ1n) is 12.7. The molecular weight excluding hydrogens is 448 g/mol. The summed E-state index contributed by atoms with van der Waals surface area (Å²) in [5.41, 5.74) is 8.08. The molecule has 2 aromatic heterocycles. The van der Waals surface area contributed by atoms with Crippen molar-refractivity contribution < 1.29 is 9.53 Å². The molecule has 3 heterocycles. The number of pyridine rings is 1. The Labute approximate surface area is 212 Å². The molecule has 4 aromatic rings. The molecule has 0 bridgehead atoms. The fourth-order valence-electron chi connectivity index (χ4n) is 4.88. The van der Waals surface area contributed by atoms with Crippen LogP contribution in [0.3, 0.4) is 0 Å². The smallest absolute Gasteiger partial charge is 0.270 e. The van der Waals surface area contributed by atoms with Crippen LogP contribution in [-0.4, -0.2) is 27.2 Å². The molecule has 0 radical (unpaired) electrons. The maximum atomic E-state index is 12.8. The molecular formula is C30H32N4O2. The van der Waals surface area contributed by atoms with E-state index in [9.17, 15) is 4.79 Å². The van der Waals surface area contributed by atoms with Gasteiger partial charge in [-0.2, -0.15) is 5.10 Å². The summed E-state index contributed by atoms with van der Waals surface area (Å²) in [7, 11) is 0. The van der Waals surface area contributed by atoms with Crippen LogP contribution in [0.1, 0.15) is 60.3 Å². The van der Waals surface area contributed by atoms with E-state index in [2.05, 4.69) is 49.3 Å². The second kappa shape index (κ2) is 10.4. The Bertz CT molecular complexity index is 1360. The Morgan fingerprint density at radius 1 is 1.03 bits per heavy atom. The number of amides is 1. The van der Waals surface area contributed by atoms with Crippen molar-refractivity contribution in [1.82, 2.24) is 20.1 Å². The van der Waals surface area contributed by atoms with E-state index in [1.807, 2.05) is 41.1 Å². The predicted octanol–water partition coefficient (Wildman–Crippen LogP) is 6.01. The van der Waals surface area contributed by atoms with E-state index in [1.165, 1.54) is 16.7 Å². The molecule has 0 fully saturated rings. The lowest BCUT2D eigenvalue weighted by atomic mass is 9.93. The molecule has 0 saturated carbocycles. The molecule has 6 nitrogen and oxygen atoms in total. The number of aryl methyl sites for hydroxylation is 1. The number of hydrogen-bond acceptors (Lipinski definition) is 4. The lowest BCUT2D eigenvalue weighted by Crippen LogP contribution is -2.35. The number of benzene rings is 2. The first-order valence-corrected chi connectivity index (χ1v) is 12.7. The molecule has 36 heavy (non-hydrogen) atoms. The maximum Gasteiger partial charge on any atom is 0.270 e. The quantitative estimate of drug-likeness (QED) is 0.335. The maximum absolute atomic E-state index is 12.8. The average Bonchev–Trinajstić information content (AvgIpc) is 3.29. The summed E-state index contributed by atoms with van der Waals surface area (Å²) >= 11 is 0. The Balaban J connectivity index is 1.40. The largest absolute Gasteiger partial charge is 0.489 e. The van der Waals surface area contributed by atoms with Gasteiger partial charge in [0, 0.05) is 30.1 Å². The molecule has 0 aliphatic carbocycles. The van der Waals surface area contributed by atoms with Gasteiger partial charge in [-0.25, -0.2) is 0 Å². The van der Waals surface area contributed by atoms with Crippen molar-refractivity contribution in [3.05, 3.63) is 89.4 Å². The lowest BCUT2D eigenvalue weighted by molar-refractivity contribution is 0.0925. The molecule has 1 N–H and O–H groups in total. The van der Waals surface area contributed by atoms with E-state index in [-0.39, 0.29) is 5.91 Å². The third-order valence-corrected chi connectivity index (χ3v) is 6.63. The molecule has 5 rings (SSSR count). The second-order valence-corrected chi connectivity index (χ2v) is 9.54. The number of aromatic nitrogens is 3. The fraction of sp³-hybridized carbons (Fsp3) is 0.300. The molecule has 0 atom stereocenters. The van der Waals surface area contributed by atoms with Gasteiger partial charge in [-0.05, 0) is 58.9 Å². The van der Waals surface area contributed by atoms with Crippen LogP contribution >= 0.6 is 0 Å². The van der Waals surface area contributed by atoms with Crippen LogP contribution in [0.5, 0.6) is 5.75 Å². The number of rotatable bonds is 8. The van der Waals surface area contributed by atoms with Gasteiger partial charge in [-0.3, -0.25) is 14.5 Å². The van der Waals surface area contributed by atoms with Crippen molar-refractivity contribution in [3.8, 4) is 28.1 Å². The van der Waals surface area contributed by atoms with E-state index in [4.69, 9.17) is 9.84 Å². The minimum atomic E-state index is -0.0999. The predicted molar refractivity (Wildman–Crippen MR) is 142 cm³/mol. The van der Waals surface area contributed by atoms with E-state index in [0.717, 1.165) is 41.0 Å². The minimum Gasteiger partial charge on any atom is -0.489 e. The molecule has 1 aliphatic rings. The number of nitrogens with one attached hydrogen (secondary N) is 1. The topological polar surface area (TPSA) is 69.0 Å². The summed E-state index contributed by atoms with van der Waals surface area (Å²) in [4.78, 5) is 16.9. The van der Waals surface area contributed by atoms with Gasteiger partial charge in [-0.15, -0.1) is 0 Å². The zero-order valence-electron chi connectivity index (χ0n) is 21.1. The van der Waals surface area contributed by atoms with Gasteiger partial charge in [0.2, 0.25) is 0 Å². The molecule has 2 aromatic carbocycles. The van der Waals surface area contributed by atoms with Crippen LogP contribution in [0.2, 0.25) is 0 Å². The summed E-state index contributed by atoms with van der Waals surface area (Å²) < 4.78 is 7.95. The average molecular weight is 481 g/mol. The number of carbonyl (C=O) groups excluding carboxylic acids is 1. The van der Waals surface area contributed by atoms with Gasteiger partial charge >= 0.3 is 0 Å². The van der Waals surface area contributed by atoms with Gasteiger partial charge in [-0.1, -0.05) is 57.5 Å². The molecule has 6 heteroatoms. The molecule has 1 aliphatic heterocycles. The highest BCUT2D eigenvalue weighted by molar-refractivity contribution is 6.03. The summed E-state index contributed by atoms with van der Waals surface area (Å²) in [5, 5.41) is 7.74. The number of hydrogen-bond donors (Lipinski definition) is 1. The van der Waals surface area contributed by atoms with E-state index in [1.54, 1.807) is 12.4 Å². The van der Waals surface area contributed by atoms with Crippen molar-refractivity contribution in [2.24, 2.45) is 0 Å². The molecule has 0 spiro atoms. The molecule has 0 saturated heterocycles. The summed E-state index contributed by atoms with van der Waals surface area (Å²) in [6.07, 6.45) is 5.70. The Morgan fingerprint density at radius 3 is 2.53 bits per heavy atom. The van der Waals surface area contributed by atoms with Gasteiger partial charge in [0.25, 0.3) is 5.91 Å². The highest BCUT2D eigenvalue weighted by atomic mass is 16.5. The molecule has 1 amide bonds. The zero-order valence-corrected chi connectivity index (χ0v) is 21.1. The second-order valence-electron chi connectivity index (χ2n) is 9.54. The van der Waals surface area contributed by atoms with Crippen molar-refractivity contribution in [2.75, 3.05) is 6.54 Å². The van der Waals surface area contributed by atoms with Crippen molar-refractivity contribution in [2.45, 2.75) is 52.7 Å². The Kier molecular flexibility index (Phi) is 6.85. The van der Waals surface area contributed by atoms with Crippen LogP contribution in [0, 0.1) is 0 Å². The van der Waals surface area contributed by atoms with Crippen molar-refractivity contribution >= 4 is 5.91 Å². The molecule has 184 valence electrons. The normalized spacial score (nSPS) is 12.9. The highest BCUT2D eigenvalue weighted by Crippen LogP contribution is 2.36. The third-order valence-electron chi connectivity index (χ3n) is 6.63. The number of fused-ring (bicyclic) bond motifs is 1. The first-order chi connectivity index (χ1) is 17.5. The number of carbonyl (C=O) groups is 1. The van der Waals surface area contributed by atoms with Crippen LogP contribution in [0.25, 0.3) is 22.4 Å². The highest BCUT2D eigenvalue weighted by Gasteiger charge is 2.27. The van der Waals surface area contributed by atoms with Crippen LogP contribution in [-0.2, 0) is 19.6 Å². The summed E-state index contributed by atoms with van der Waals surface area (Å²) in [6, 6.07) is 18.5. The van der Waals surface area contributed by atoms with Gasteiger partial charge in [0.05, 0.1) is 6.54 Å². The lowest BCUT2D eigenvalue weighted by Gasteiger charge is -2.16. The monoisotopic (exact) mass is 480 g/mol. The van der Waals surface area contributed by atoms with Crippen LogP contribution in [0.15, 0.2) is 67.0 Å². The zero-order chi connectivity index (χ0) is 25.1. The van der Waals surface area contributed by atoms with Crippen LogP contribution < -0.4 is 10.1 Å². The van der Waals surface area contributed by atoms with Crippen molar-refractivity contribution in [3.63, 3.8) is 0 Å². The van der Waals surface area contributed by atoms with E-state index < -0.39 is 0 Å². The third kappa shape index (κ3) is 4.76. The molecule has 0 unspecified atom stereocenters. The number of ether oxygens (including phenoxy) is 1. The van der Waals surface area contributed by atoms with E-state index >= 15 is 0 Å². The first kappa shape index (κ1) is 23.8.